The third kappa shape index (κ3) is 7.29. The first kappa shape index (κ1) is 32.8. The second kappa shape index (κ2) is 15.2. The maximum Gasteiger partial charge on any atom is 0.203 e. The molecule has 1 fully saturated rings. The SMILES string of the molecule is COc1cc(-c2cc(CN3CCC(N(C)Cc4ccnc(-c5cc(OC)c(OC)c(OC)c5)c4)CC3)ccn2)cc(OC)c1OC. The molecule has 244 valence electrons. The van der Waals surface area contributed by atoms with Crippen LogP contribution in [0.15, 0.2) is 60.9 Å². The number of pyridine rings is 2. The fourth-order valence-electron chi connectivity index (χ4n) is 6.11. The zero-order chi connectivity index (χ0) is 32.6. The summed E-state index contributed by atoms with van der Waals surface area (Å²) >= 11 is 0. The Morgan fingerprint density at radius 1 is 0.630 bits per heavy atom. The highest BCUT2D eigenvalue weighted by Gasteiger charge is 2.23. The van der Waals surface area contributed by atoms with Crippen LogP contribution in [0.2, 0.25) is 0 Å². The van der Waals surface area contributed by atoms with Crippen LogP contribution in [0.5, 0.6) is 34.5 Å². The van der Waals surface area contributed by atoms with Crippen molar-refractivity contribution in [2.24, 2.45) is 0 Å². The Hall–Kier alpha value is -4.54. The van der Waals surface area contributed by atoms with E-state index < -0.39 is 0 Å². The van der Waals surface area contributed by atoms with E-state index in [-0.39, 0.29) is 0 Å². The monoisotopic (exact) mass is 628 g/mol. The number of likely N-dealkylation sites (tertiary alicyclic amines) is 1. The highest BCUT2D eigenvalue weighted by molar-refractivity contribution is 5.70. The maximum absolute atomic E-state index is 5.55. The van der Waals surface area contributed by atoms with Gasteiger partial charge in [0.15, 0.2) is 23.0 Å². The number of ether oxygens (including phenoxy) is 6. The quantitative estimate of drug-likeness (QED) is 0.177. The zero-order valence-electron chi connectivity index (χ0n) is 27.8. The van der Waals surface area contributed by atoms with Gasteiger partial charge in [0.05, 0.1) is 54.0 Å². The molecule has 0 radical (unpaired) electrons. The van der Waals surface area contributed by atoms with Crippen LogP contribution in [0.3, 0.4) is 0 Å². The van der Waals surface area contributed by atoms with Crippen LogP contribution in [0, 0.1) is 0 Å². The molecule has 1 aliphatic heterocycles. The first-order valence-electron chi connectivity index (χ1n) is 15.3. The van der Waals surface area contributed by atoms with E-state index in [9.17, 15) is 0 Å². The van der Waals surface area contributed by atoms with E-state index in [0.29, 0.717) is 40.5 Å². The number of rotatable bonds is 13. The Bertz CT molecular complexity index is 1570. The summed E-state index contributed by atoms with van der Waals surface area (Å²) in [6.07, 6.45) is 5.94. The predicted octanol–water partition coefficient (Wildman–Crippen LogP) is 5.96. The minimum absolute atomic E-state index is 0.501. The van der Waals surface area contributed by atoms with Gasteiger partial charge in [0.2, 0.25) is 11.5 Å². The standard InChI is InChI=1S/C36H44N4O6/c1-39(22-24-8-12-37-29(16-24)26-18-31(41-2)35(45-6)32(19-26)42-3)28-10-14-40(15-11-28)23-25-9-13-38-30(17-25)27-20-33(43-4)36(46-7)34(21-27)44-5/h8-9,12-13,16-21,28H,10-11,14-15,22-23H2,1-7H3. The van der Waals surface area contributed by atoms with Crippen molar-refractivity contribution >= 4 is 0 Å². The molecule has 0 aliphatic carbocycles. The van der Waals surface area contributed by atoms with Gasteiger partial charge in [0.1, 0.15) is 0 Å². The number of aromatic nitrogens is 2. The lowest BCUT2D eigenvalue weighted by molar-refractivity contribution is 0.119. The van der Waals surface area contributed by atoms with E-state index >= 15 is 0 Å². The molecule has 0 N–H and O–H groups in total. The molecule has 1 saturated heterocycles. The Labute approximate surface area is 271 Å². The van der Waals surface area contributed by atoms with Crippen molar-refractivity contribution in [1.29, 1.82) is 0 Å². The van der Waals surface area contributed by atoms with Crippen LogP contribution >= 0.6 is 0 Å². The molecule has 10 heteroatoms. The number of piperidine rings is 1. The van der Waals surface area contributed by atoms with Crippen LogP contribution < -0.4 is 28.4 Å². The zero-order valence-corrected chi connectivity index (χ0v) is 27.8. The van der Waals surface area contributed by atoms with E-state index in [0.717, 1.165) is 61.5 Å². The topological polar surface area (TPSA) is 87.6 Å². The van der Waals surface area contributed by atoms with Gasteiger partial charge in [-0.3, -0.25) is 19.8 Å². The number of nitrogens with zero attached hydrogens (tertiary/aromatic N) is 4. The lowest BCUT2D eigenvalue weighted by atomic mass is 10.0. The molecule has 1 aliphatic rings. The minimum atomic E-state index is 0.501. The van der Waals surface area contributed by atoms with Crippen molar-refractivity contribution < 1.29 is 28.4 Å². The van der Waals surface area contributed by atoms with Crippen molar-refractivity contribution in [3.05, 3.63) is 72.1 Å². The second-order valence-corrected chi connectivity index (χ2v) is 11.3. The summed E-state index contributed by atoms with van der Waals surface area (Å²) in [5.41, 5.74) is 6.00. The molecule has 0 atom stereocenters. The van der Waals surface area contributed by atoms with E-state index in [1.807, 2.05) is 36.7 Å². The highest BCUT2D eigenvalue weighted by Crippen LogP contribution is 2.42. The van der Waals surface area contributed by atoms with Crippen molar-refractivity contribution in [3.63, 3.8) is 0 Å². The summed E-state index contributed by atoms with van der Waals surface area (Å²) < 4.78 is 33.2. The van der Waals surface area contributed by atoms with Gasteiger partial charge in [-0.1, -0.05) is 0 Å². The molecular weight excluding hydrogens is 584 g/mol. The largest absolute Gasteiger partial charge is 0.493 e. The third-order valence-corrected chi connectivity index (χ3v) is 8.59. The molecule has 4 aromatic rings. The average molecular weight is 629 g/mol. The molecule has 5 rings (SSSR count). The summed E-state index contributed by atoms with van der Waals surface area (Å²) in [6.45, 7) is 3.78. The van der Waals surface area contributed by atoms with Crippen LogP contribution in [0.25, 0.3) is 22.5 Å². The van der Waals surface area contributed by atoms with Crippen LogP contribution in [-0.4, -0.2) is 88.6 Å². The molecule has 3 heterocycles. The van der Waals surface area contributed by atoms with Crippen molar-refractivity contribution in [2.75, 3.05) is 62.8 Å². The van der Waals surface area contributed by atoms with Gasteiger partial charge in [0.25, 0.3) is 0 Å². The molecule has 0 amide bonds. The first-order chi connectivity index (χ1) is 22.4. The summed E-state index contributed by atoms with van der Waals surface area (Å²) in [5, 5.41) is 0. The number of benzene rings is 2. The van der Waals surface area contributed by atoms with E-state index in [4.69, 9.17) is 28.4 Å². The van der Waals surface area contributed by atoms with E-state index in [1.165, 1.54) is 11.1 Å². The summed E-state index contributed by atoms with van der Waals surface area (Å²) in [7, 11) is 11.9. The Morgan fingerprint density at radius 2 is 1.07 bits per heavy atom. The molecule has 2 aromatic heterocycles. The summed E-state index contributed by atoms with van der Waals surface area (Å²) in [4.78, 5) is 14.3. The molecular formula is C36H44N4O6. The van der Waals surface area contributed by atoms with Gasteiger partial charge in [-0.05, 0) is 92.6 Å². The van der Waals surface area contributed by atoms with E-state index in [1.54, 1.807) is 42.7 Å². The molecule has 10 nitrogen and oxygen atoms in total. The number of hydrogen-bond donors (Lipinski definition) is 0. The molecule has 0 unspecified atom stereocenters. The Kier molecular flexibility index (Phi) is 10.8. The predicted molar refractivity (Wildman–Crippen MR) is 178 cm³/mol. The first-order valence-corrected chi connectivity index (χ1v) is 15.3. The van der Waals surface area contributed by atoms with Gasteiger partial charge < -0.3 is 28.4 Å². The fraction of sp³-hybridized carbons (Fsp3) is 0.389. The number of hydrogen-bond acceptors (Lipinski definition) is 10. The van der Waals surface area contributed by atoms with Gasteiger partial charge >= 0.3 is 0 Å². The minimum Gasteiger partial charge on any atom is -0.493 e. The van der Waals surface area contributed by atoms with Crippen molar-refractivity contribution in [3.8, 4) is 57.0 Å². The van der Waals surface area contributed by atoms with Gasteiger partial charge in [-0.2, -0.15) is 0 Å². The van der Waals surface area contributed by atoms with Crippen molar-refractivity contribution in [1.82, 2.24) is 19.8 Å². The molecule has 2 aromatic carbocycles. The fourth-order valence-corrected chi connectivity index (χ4v) is 6.11. The van der Waals surface area contributed by atoms with Crippen molar-refractivity contribution in [2.45, 2.75) is 32.0 Å². The molecule has 46 heavy (non-hydrogen) atoms. The van der Waals surface area contributed by atoms with Crippen LogP contribution in [-0.2, 0) is 13.1 Å². The molecule has 0 spiro atoms. The lowest BCUT2D eigenvalue weighted by Crippen LogP contribution is -2.42. The van der Waals surface area contributed by atoms with Crippen LogP contribution in [0.4, 0.5) is 0 Å². The maximum atomic E-state index is 5.55. The lowest BCUT2D eigenvalue weighted by Gasteiger charge is -2.37. The van der Waals surface area contributed by atoms with Gasteiger partial charge in [-0.15, -0.1) is 0 Å². The molecule has 0 bridgehead atoms. The average Bonchev–Trinajstić information content (AvgIpc) is 3.10. The summed E-state index contributed by atoms with van der Waals surface area (Å²) in [6, 6.07) is 16.7. The Balaban J connectivity index is 1.20. The second-order valence-electron chi connectivity index (χ2n) is 11.3. The summed E-state index contributed by atoms with van der Waals surface area (Å²) in [5.74, 6) is 3.58. The normalized spacial score (nSPS) is 13.8. The third-order valence-electron chi connectivity index (χ3n) is 8.59. The Morgan fingerprint density at radius 3 is 1.50 bits per heavy atom. The van der Waals surface area contributed by atoms with Gasteiger partial charge in [-0.25, -0.2) is 0 Å². The molecule has 0 saturated carbocycles. The smallest absolute Gasteiger partial charge is 0.203 e. The number of methoxy groups -OCH3 is 6. The highest BCUT2D eigenvalue weighted by atomic mass is 16.5. The van der Waals surface area contributed by atoms with Crippen LogP contribution in [0.1, 0.15) is 24.0 Å². The van der Waals surface area contributed by atoms with E-state index in [2.05, 4.69) is 51.1 Å². The van der Waals surface area contributed by atoms with Gasteiger partial charge in [0, 0.05) is 42.7 Å².